The van der Waals surface area contributed by atoms with E-state index in [1.807, 2.05) is 13.0 Å². The molecule has 0 bridgehead atoms. The molecule has 0 aromatic heterocycles. The molecule has 0 amide bonds. The summed E-state index contributed by atoms with van der Waals surface area (Å²) < 4.78 is 21.2. The van der Waals surface area contributed by atoms with Gasteiger partial charge in [-0.1, -0.05) is 18.2 Å². The Bertz CT molecular complexity index is 823. The number of hydrogen-bond donors (Lipinski definition) is 0. The molecule has 0 aliphatic rings. The first kappa shape index (κ1) is 18.9. The molecule has 0 aliphatic heterocycles. The van der Waals surface area contributed by atoms with Crippen LogP contribution in [-0.4, -0.2) is 26.3 Å². The van der Waals surface area contributed by atoms with Crippen molar-refractivity contribution in [3.05, 3.63) is 54.1 Å². The third-order valence-corrected chi connectivity index (χ3v) is 3.25. The average molecular weight is 353 g/mol. The van der Waals surface area contributed by atoms with Gasteiger partial charge >= 0.3 is 5.97 Å². The smallest absolute Gasteiger partial charge is 0.336 e. The molecule has 26 heavy (non-hydrogen) atoms. The van der Waals surface area contributed by atoms with Crippen LogP contribution < -0.4 is 18.9 Å². The van der Waals surface area contributed by atoms with E-state index in [-0.39, 0.29) is 6.61 Å². The largest absolute Gasteiger partial charge is 0.493 e. The van der Waals surface area contributed by atoms with Gasteiger partial charge in [-0.3, -0.25) is 0 Å². The van der Waals surface area contributed by atoms with Crippen molar-refractivity contribution in [3.63, 3.8) is 0 Å². The van der Waals surface area contributed by atoms with Crippen LogP contribution in [0, 0.1) is 11.3 Å². The van der Waals surface area contributed by atoms with Gasteiger partial charge in [0.1, 0.15) is 6.07 Å². The van der Waals surface area contributed by atoms with Gasteiger partial charge in [-0.25, -0.2) is 4.79 Å². The molecular formula is C20H19NO5. The van der Waals surface area contributed by atoms with E-state index in [1.54, 1.807) is 48.5 Å². The first-order valence-corrected chi connectivity index (χ1v) is 7.97. The van der Waals surface area contributed by atoms with E-state index in [4.69, 9.17) is 24.2 Å². The van der Waals surface area contributed by atoms with Crippen LogP contribution >= 0.6 is 0 Å². The van der Waals surface area contributed by atoms with Crippen LogP contribution in [0.5, 0.6) is 23.0 Å². The number of ether oxygens (including phenoxy) is 4. The van der Waals surface area contributed by atoms with Gasteiger partial charge in [-0.2, -0.15) is 5.26 Å². The Hall–Kier alpha value is -3.46. The van der Waals surface area contributed by atoms with Crippen LogP contribution in [0.1, 0.15) is 12.5 Å². The van der Waals surface area contributed by atoms with Crippen molar-refractivity contribution in [1.29, 1.82) is 5.26 Å². The SMILES string of the molecule is CCOc1ccccc1OC(=O)/C=C/c1ccc(OCC#N)c(OC)c1. The molecule has 6 nitrogen and oxygen atoms in total. The molecule has 0 saturated carbocycles. The van der Waals surface area contributed by atoms with Gasteiger partial charge in [0, 0.05) is 6.08 Å². The van der Waals surface area contributed by atoms with Crippen molar-refractivity contribution in [2.24, 2.45) is 0 Å². The molecule has 2 aromatic rings. The summed E-state index contributed by atoms with van der Waals surface area (Å²) in [6, 6.07) is 14.0. The zero-order chi connectivity index (χ0) is 18.8. The van der Waals surface area contributed by atoms with E-state index in [2.05, 4.69) is 0 Å². The number of rotatable bonds is 8. The second-order valence-electron chi connectivity index (χ2n) is 4.99. The maximum Gasteiger partial charge on any atom is 0.336 e. The Kier molecular flexibility index (Phi) is 7.07. The molecular weight excluding hydrogens is 334 g/mol. The van der Waals surface area contributed by atoms with E-state index >= 15 is 0 Å². The molecule has 0 unspecified atom stereocenters. The van der Waals surface area contributed by atoms with Crippen LogP contribution in [0.4, 0.5) is 0 Å². The van der Waals surface area contributed by atoms with E-state index < -0.39 is 5.97 Å². The molecule has 2 aromatic carbocycles. The number of methoxy groups -OCH3 is 1. The normalized spacial score (nSPS) is 10.2. The summed E-state index contributed by atoms with van der Waals surface area (Å²) in [5, 5.41) is 8.58. The number of nitrogens with zero attached hydrogens (tertiary/aromatic N) is 1. The number of nitriles is 1. The molecule has 0 N–H and O–H groups in total. The fourth-order valence-electron chi connectivity index (χ4n) is 2.13. The average Bonchev–Trinajstić information content (AvgIpc) is 2.66. The molecule has 0 aliphatic carbocycles. The Balaban J connectivity index is 2.07. The third-order valence-electron chi connectivity index (χ3n) is 3.25. The number of para-hydroxylation sites is 2. The van der Waals surface area contributed by atoms with Gasteiger partial charge in [0.2, 0.25) is 0 Å². The summed E-state index contributed by atoms with van der Waals surface area (Å²) in [6.45, 7) is 2.26. The van der Waals surface area contributed by atoms with Crippen molar-refractivity contribution in [2.75, 3.05) is 20.3 Å². The third kappa shape index (κ3) is 5.28. The highest BCUT2D eigenvalue weighted by Crippen LogP contribution is 2.29. The summed E-state index contributed by atoms with van der Waals surface area (Å²) in [5.41, 5.74) is 0.723. The van der Waals surface area contributed by atoms with Gasteiger partial charge in [0.25, 0.3) is 0 Å². The topological polar surface area (TPSA) is 77.8 Å². The number of carbonyl (C=O) groups is 1. The Morgan fingerprint density at radius 1 is 1.08 bits per heavy atom. The van der Waals surface area contributed by atoms with Gasteiger partial charge in [0.05, 0.1) is 13.7 Å². The van der Waals surface area contributed by atoms with E-state index in [9.17, 15) is 4.79 Å². The predicted molar refractivity (Wildman–Crippen MR) is 96.4 cm³/mol. The van der Waals surface area contributed by atoms with Gasteiger partial charge in [-0.15, -0.1) is 0 Å². The zero-order valence-electron chi connectivity index (χ0n) is 14.6. The van der Waals surface area contributed by atoms with E-state index in [0.29, 0.717) is 29.6 Å². The number of hydrogen-bond acceptors (Lipinski definition) is 6. The summed E-state index contributed by atoms with van der Waals surface area (Å²) in [5.74, 6) is 1.28. The molecule has 0 radical (unpaired) electrons. The highest BCUT2D eigenvalue weighted by atomic mass is 16.6. The van der Waals surface area contributed by atoms with E-state index in [1.165, 1.54) is 13.2 Å². The fourth-order valence-corrected chi connectivity index (χ4v) is 2.13. The van der Waals surface area contributed by atoms with Crippen molar-refractivity contribution in [2.45, 2.75) is 6.92 Å². The number of esters is 1. The van der Waals surface area contributed by atoms with Crippen molar-refractivity contribution in [1.82, 2.24) is 0 Å². The van der Waals surface area contributed by atoms with Crippen LogP contribution in [0.15, 0.2) is 48.5 Å². The highest BCUT2D eigenvalue weighted by Gasteiger charge is 2.08. The molecule has 6 heteroatoms. The van der Waals surface area contributed by atoms with Gasteiger partial charge in [-0.05, 0) is 42.8 Å². The lowest BCUT2D eigenvalue weighted by Crippen LogP contribution is -2.05. The first-order chi connectivity index (χ1) is 12.7. The summed E-state index contributed by atoms with van der Waals surface area (Å²) >= 11 is 0. The first-order valence-electron chi connectivity index (χ1n) is 7.97. The lowest BCUT2D eigenvalue weighted by atomic mass is 10.2. The Labute approximate surface area is 152 Å². The molecule has 0 atom stereocenters. The molecule has 2 rings (SSSR count). The zero-order valence-corrected chi connectivity index (χ0v) is 14.6. The maximum absolute atomic E-state index is 12.0. The lowest BCUT2D eigenvalue weighted by molar-refractivity contribution is -0.129. The van der Waals surface area contributed by atoms with Crippen LogP contribution in [0.25, 0.3) is 6.08 Å². The molecule has 0 spiro atoms. The van der Waals surface area contributed by atoms with Crippen molar-refractivity contribution < 1.29 is 23.7 Å². The van der Waals surface area contributed by atoms with Crippen molar-refractivity contribution >= 4 is 12.0 Å². The lowest BCUT2D eigenvalue weighted by Gasteiger charge is -2.09. The van der Waals surface area contributed by atoms with Gasteiger partial charge in [0.15, 0.2) is 29.6 Å². The summed E-state index contributed by atoms with van der Waals surface area (Å²) in [4.78, 5) is 12.0. The molecule has 0 fully saturated rings. The highest BCUT2D eigenvalue weighted by molar-refractivity contribution is 5.89. The second-order valence-corrected chi connectivity index (χ2v) is 4.99. The summed E-state index contributed by atoms with van der Waals surface area (Å²) in [7, 11) is 1.50. The standard InChI is InChI=1S/C20H19NO5/c1-3-24-16-6-4-5-7-18(16)26-20(22)11-9-15-8-10-17(25-13-12-21)19(14-15)23-2/h4-11,14H,3,13H2,1-2H3/b11-9+. The molecule has 0 saturated heterocycles. The van der Waals surface area contributed by atoms with Gasteiger partial charge < -0.3 is 18.9 Å². The predicted octanol–water partition coefficient (Wildman–Crippen LogP) is 3.62. The van der Waals surface area contributed by atoms with Crippen LogP contribution in [0.2, 0.25) is 0 Å². The second kappa shape index (κ2) is 9.74. The fraction of sp³-hybridized carbons (Fsp3) is 0.200. The molecule has 0 heterocycles. The maximum atomic E-state index is 12.0. The van der Waals surface area contributed by atoms with Crippen LogP contribution in [0.3, 0.4) is 0 Å². The van der Waals surface area contributed by atoms with Crippen LogP contribution in [-0.2, 0) is 4.79 Å². The number of carbonyl (C=O) groups excluding carboxylic acids is 1. The Morgan fingerprint density at radius 2 is 1.81 bits per heavy atom. The summed E-state index contributed by atoms with van der Waals surface area (Å²) in [6.07, 6.45) is 2.91. The van der Waals surface area contributed by atoms with E-state index in [0.717, 1.165) is 5.56 Å². The van der Waals surface area contributed by atoms with Crippen molar-refractivity contribution in [3.8, 4) is 29.1 Å². The Morgan fingerprint density at radius 3 is 2.50 bits per heavy atom. The minimum absolute atomic E-state index is 0.0723. The molecule has 134 valence electrons. The minimum atomic E-state index is -0.527. The minimum Gasteiger partial charge on any atom is -0.493 e. The number of benzene rings is 2. The monoisotopic (exact) mass is 353 g/mol. The quantitative estimate of drug-likeness (QED) is 0.410.